The number of halogens is 1. The highest BCUT2D eigenvalue weighted by molar-refractivity contribution is 9.10. The Morgan fingerprint density at radius 3 is 1.69 bits per heavy atom. The second-order valence-electron chi connectivity index (χ2n) is 9.96. The van der Waals surface area contributed by atoms with Gasteiger partial charge >= 0.3 is 7.12 Å². The lowest BCUT2D eigenvalue weighted by molar-refractivity contribution is 0.00578. The number of pyridine rings is 2. The standard InChI is InChI=1S/C15H21BN2O2.C9H9BrN2/c1-13(2,10-17)11-7-12(9-18-8-11)16-19-14(3,4)15(5,6)20-16;1-9(2,6-11)7-3-8(10)5-12-4-7/h7-9H,1-6H3;3-5H,1-2H3. The number of nitriles is 2. The van der Waals surface area contributed by atoms with Gasteiger partial charge < -0.3 is 9.31 Å². The lowest BCUT2D eigenvalue weighted by Crippen LogP contribution is -2.41. The largest absolute Gasteiger partial charge is 0.496 e. The number of hydrogen-bond donors (Lipinski definition) is 0. The fourth-order valence-corrected chi connectivity index (χ4v) is 3.16. The van der Waals surface area contributed by atoms with Crippen LogP contribution in [0.25, 0.3) is 0 Å². The number of hydrogen-bond acceptors (Lipinski definition) is 6. The number of nitrogens with zero attached hydrogens (tertiary/aromatic N) is 4. The molecule has 0 atom stereocenters. The van der Waals surface area contributed by atoms with E-state index in [1.807, 2.05) is 67.5 Å². The molecule has 0 aromatic carbocycles. The van der Waals surface area contributed by atoms with Crippen molar-refractivity contribution in [1.82, 2.24) is 9.97 Å². The van der Waals surface area contributed by atoms with Gasteiger partial charge in [-0.05, 0) is 88.5 Å². The fourth-order valence-electron chi connectivity index (χ4n) is 2.79. The van der Waals surface area contributed by atoms with E-state index in [1.54, 1.807) is 24.8 Å². The molecule has 168 valence electrons. The first-order valence-corrected chi connectivity index (χ1v) is 11.2. The molecule has 32 heavy (non-hydrogen) atoms. The van der Waals surface area contributed by atoms with Gasteiger partial charge in [0.05, 0.1) is 34.2 Å². The zero-order chi connectivity index (χ0) is 24.4. The molecule has 0 bridgehead atoms. The molecule has 2 aromatic rings. The first kappa shape index (κ1) is 26.0. The summed E-state index contributed by atoms with van der Waals surface area (Å²) in [5, 5.41) is 18.1. The average Bonchev–Trinajstić information content (AvgIpc) is 2.96. The van der Waals surface area contributed by atoms with Gasteiger partial charge in [-0.1, -0.05) is 6.07 Å². The van der Waals surface area contributed by atoms with Crippen molar-refractivity contribution in [1.29, 1.82) is 10.5 Å². The Morgan fingerprint density at radius 2 is 1.25 bits per heavy atom. The van der Waals surface area contributed by atoms with Gasteiger partial charge in [-0.3, -0.25) is 9.97 Å². The molecule has 0 N–H and O–H groups in total. The van der Waals surface area contributed by atoms with Crippen LogP contribution in [0.2, 0.25) is 0 Å². The van der Waals surface area contributed by atoms with Crippen molar-refractivity contribution < 1.29 is 9.31 Å². The van der Waals surface area contributed by atoms with Crippen LogP contribution in [-0.2, 0) is 20.1 Å². The molecule has 6 nitrogen and oxygen atoms in total. The van der Waals surface area contributed by atoms with Gasteiger partial charge in [-0.25, -0.2) is 0 Å². The molecular weight excluding hydrogens is 467 g/mol. The highest BCUT2D eigenvalue weighted by Crippen LogP contribution is 2.36. The molecule has 0 aliphatic carbocycles. The summed E-state index contributed by atoms with van der Waals surface area (Å²) in [4.78, 5) is 8.23. The third-order valence-corrected chi connectivity index (χ3v) is 6.43. The highest BCUT2D eigenvalue weighted by atomic mass is 79.9. The van der Waals surface area contributed by atoms with Gasteiger partial charge in [0.25, 0.3) is 0 Å². The first-order valence-electron chi connectivity index (χ1n) is 10.4. The van der Waals surface area contributed by atoms with Gasteiger partial charge in [-0.2, -0.15) is 10.5 Å². The predicted molar refractivity (Wildman–Crippen MR) is 129 cm³/mol. The van der Waals surface area contributed by atoms with Crippen LogP contribution >= 0.6 is 15.9 Å². The van der Waals surface area contributed by atoms with E-state index in [4.69, 9.17) is 14.6 Å². The van der Waals surface area contributed by atoms with E-state index >= 15 is 0 Å². The van der Waals surface area contributed by atoms with Crippen LogP contribution in [0, 0.1) is 22.7 Å². The molecule has 1 saturated heterocycles. The molecule has 1 fully saturated rings. The zero-order valence-corrected chi connectivity index (χ0v) is 21.6. The summed E-state index contributed by atoms with van der Waals surface area (Å²) in [5.41, 5.74) is 0.858. The molecule has 8 heteroatoms. The SMILES string of the molecule is CC(C)(C#N)c1cncc(B2OC(C)(C)C(C)(C)O2)c1.CC(C)(C#N)c1cncc(Br)c1. The van der Waals surface area contributed by atoms with Crippen LogP contribution in [0.3, 0.4) is 0 Å². The maximum absolute atomic E-state index is 9.23. The van der Waals surface area contributed by atoms with Gasteiger partial charge in [0.15, 0.2) is 0 Å². The van der Waals surface area contributed by atoms with Crippen molar-refractivity contribution in [3.05, 3.63) is 52.5 Å². The summed E-state index contributed by atoms with van der Waals surface area (Å²) in [6, 6.07) is 8.37. The molecule has 0 radical (unpaired) electrons. The van der Waals surface area contributed by atoms with Crippen LogP contribution in [0.1, 0.15) is 66.5 Å². The van der Waals surface area contributed by atoms with Gasteiger partial charge in [-0.15, -0.1) is 0 Å². The molecule has 0 amide bonds. The minimum atomic E-state index is -0.577. The van der Waals surface area contributed by atoms with E-state index in [9.17, 15) is 5.26 Å². The van der Waals surface area contributed by atoms with E-state index < -0.39 is 17.9 Å². The normalized spacial score (nSPS) is 17.0. The average molecular weight is 497 g/mol. The van der Waals surface area contributed by atoms with Crippen molar-refractivity contribution in [2.24, 2.45) is 0 Å². The third-order valence-electron chi connectivity index (χ3n) is 5.99. The van der Waals surface area contributed by atoms with Crippen LogP contribution in [-0.4, -0.2) is 28.3 Å². The molecular formula is C24H30BBrN4O2. The minimum absolute atomic E-state index is 0.377. The first-order chi connectivity index (χ1) is 14.6. The van der Waals surface area contributed by atoms with Crippen LogP contribution in [0.15, 0.2) is 41.4 Å². The summed E-state index contributed by atoms with van der Waals surface area (Å²) in [7, 11) is -0.443. The second-order valence-corrected chi connectivity index (χ2v) is 10.9. The highest BCUT2D eigenvalue weighted by Gasteiger charge is 2.51. The Labute approximate surface area is 200 Å². The lowest BCUT2D eigenvalue weighted by atomic mass is 9.77. The number of rotatable bonds is 3. The van der Waals surface area contributed by atoms with E-state index in [0.717, 1.165) is 21.1 Å². The smallest absolute Gasteiger partial charge is 0.399 e. The Hall–Kier alpha value is -2.26. The summed E-state index contributed by atoms with van der Waals surface area (Å²) >= 11 is 3.31. The second kappa shape index (κ2) is 9.31. The van der Waals surface area contributed by atoms with Crippen molar-refractivity contribution in [2.75, 3.05) is 0 Å². The molecule has 0 spiro atoms. The van der Waals surface area contributed by atoms with E-state index in [0.29, 0.717) is 0 Å². The summed E-state index contributed by atoms with van der Waals surface area (Å²) in [6.07, 6.45) is 6.88. The summed E-state index contributed by atoms with van der Waals surface area (Å²) < 4.78 is 12.9. The quantitative estimate of drug-likeness (QED) is 0.565. The van der Waals surface area contributed by atoms with Gasteiger partial charge in [0.2, 0.25) is 0 Å². The molecule has 3 heterocycles. The molecule has 0 unspecified atom stereocenters. The van der Waals surface area contributed by atoms with Crippen molar-refractivity contribution in [2.45, 2.75) is 77.4 Å². The maximum Gasteiger partial charge on any atom is 0.496 e. The molecule has 0 saturated carbocycles. The Morgan fingerprint density at radius 1 is 0.812 bits per heavy atom. The van der Waals surface area contributed by atoms with Crippen molar-refractivity contribution >= 4 is 28.5 Å². The maximum atomic E-state index is 9.23. The predicted octanol–water partition coefficient (Wildman–Crippen LogP) is 4.83. The van der Waals surface area contributed by atoms with Crippen LogP contribution < -0.4 is 5.46 Å². The molecule has 2 aromatic heterocycles. The fraction of sp³-hybridized carbons (Fsp3) is 0.500. The van der Waals surface area contributed by atoms with Gasteiger partial charge in [0.1, 0.15) is 0 Å². The zero-order valence-electron chi connectivity index (χ0n) is 20.0. The van der Waals surface area contributed by atoms with Crippen LogP contribution in [0.4, 0.5) is 0 Å². The summed E-state index contributed by atoms with van der Waals surface area (Å²) in [6.45, 7) is 15.6. The van der Waals surface area contributed by atoms with E-state index in [1.165, 1.54) is 0 Å². The lowest BCUT2D eigenvalue weighted by Gasteiger charge is -2.32. The third kappa shape index (κ3) is 5.75. The molecule has 1 aliphatic rings. The van der Waals surface area contributed by atoms with E-state index in [-0.39, 0.29) is 11.2 Å². The molecule has 3 rings (SSSR count). The minimum Gasteiger partial charge on any atom is -0.399 e. The monoisotopic (exact) mass is 496 g/mol. The van der Waals surface area contributed by atoms with Crippen molar-refractivity contribution in [3.8, 4) is 12.1 Å². The Kier molecular flexibility index (Phi) is 7.57. The Bertz CT molecular complexity index is 1040. The van der Waals surface area contributed by atoms with Crippen LogP contribution in [0.5, 0.6) is 0 Å². The molecule has 1 aliphatic heterocycles. The Balaban J connectivity index is 0.000000258. The summed E-state index contributed by atoms with van der Waals surface area (Å²) in [5.74, 6) is 0. The van der Waals surface area contributed by atoms with Gasteiger partial charge in [0, 0.05) is 34.7 Å². The van der Waals surface area contributed by atoms with Crippen molar-refractivity contribution in [3.63, 3.8) is 0 Å². The topological polar surface area (TPSA) is 91.8 Å². The van der Waals surface area contributed by atoms with E-state index in [2.05, 4.69) is 38.0 Å². The number of aromatic nitrogens is 2.